The molecule has 2 rings (SSSR count). The maximum Gasteiger partial charge on any atom is 0.274 e. The van der Waals surface area contributed by atoms with E-state index in [2.05, 4.69) is 22.2 Å². The summed E-state index contributed by atoms with van der Waals surface area (Å²) in [6.07, 6.45) is 0. The van der Waals surface area contributed by atoms with Gasteiger partial charge in [0.15, 0.2) is 0 Å². The van der Waals surface area contributed by atoms with Crippen molar-refractivity contribution in [3.63, 3.8) is 0 Å². The average molecular weight is 292 g/mol. The van der Waals surface area contributed by atoms with Crippen molar-refractivity contribution >= 4 is 5.69 Å². The molecule has 1 atom stereocenters. The lowest BCUT2D eigenvalue weighted by atomic mass is 10.1. The second-order valence-electron chi connectivity index (χ2n) is 5.64. The van der Waals surface area contributed by atoms with Gasteiger partial charge in [-0.3, -0.25) is 15.0 Å². The molecule has 0 bridgehead atoms. The van der Waals surface area contributed by atoms with Crippen LogP contribution in [-0.4, -0.2) is 61.0 Å². The number of nitro groups is 1. The van der Waals surface area contributed by atoms with Gasteiger partial charge in [0, 0.05) is 56.9 Å². The van der Waals surface area contributed by atoms with Crippen LogP contribution in [0.5, 0.6) is 0 Å². The van der Waals surface area contributed by atoms with Crippen molar-refractivity contribution in [2.45, 2.75) is 13.0 Å². The molecule has 116 valence electrons. The molecular weight excluding hydrogens is 268 g/mol. The first-order valence-electron chi connectivity index (χ1n) is 7.45. The van der Waals surface area contributed by atoms with Crippen molar-refractivity contribution in [1.29, 1.82) is 0 Å². The standard InChI is InChI=1S/C15H24N4O2/c1-13(14-5-3-4-6-15(14)19(20)21)16-7-8-18-11-9-17(2)10-12-18/h3-6,13,16H,7-12H2,1-2H3. The zero-order valence-corrected chi connectivity index (χ0v) is 12.8. The van der Waals surface area contributed by atoms with E-state index >= 15 is 0 Å². The highest BCUT2D eigenvalue weighted by molar-refractivity contribution is 5.41. The highest BCUT2D eigenvalue weighted by Gasteiger charge is 2.18. The monoisotopic (exact) mass is 292 g/mol. The van der Waals surface area contributed by atoms with Crippen molar-refractivity contribution in [3.05, 3.63) is 39.9 Å². The smallest absolute Gasteiger partial charge is 0.274 e. The van der Waals surface area contributed by atoms with Gasteiger partial charge in [-0.1, -0.05) is 18.2 Å². The number of hydrogen-bond donors (Lipinski definition) is 1. The predicted molar refractivity (Wildman–Crippen MR) is 83.5 cm³/mol. The lowest BCUT2D eigenvalue weighted by molar-refractivity contribution is -0.385. The number of nitrogens with zero attached hydrogens (tertiary/aromatic N) is 3. The topological polar surface area (TPSA) is 61.6 Å². The Hall–Kier alpha value is -1.50. The van der Waals surface area contributed by atoms with Gasteiger partial charge in [-0.25, -0.2) is 0 Å². The molecule has 1 heterocycles. The normalized spacial score (nSPS) is 18.6. The summed E-state index contributed by atoms with van der Waals surface area (Å²) in [5, 5.41) is 14.4. The zero-order valence-electron chi connectivity index (χ0n) is 12.8. The van der Waals surface area contributed by atoms with Gasteiger partial charge in [0.05, 0.1) is 4.92 Å². The molecule has 0 radical (unpaired) electrons. The molecule has 1 aromatic carbocycles. The first-order valence-corrected chi connectivity index (χ1v) is 7.45. The Balaban J connectivity index is 1.82. The third-order valence-corrected chi connectivity index (χ3v) is 4.07. The Labute approximate surface area is 125 Å². The maximum atomic E-state index is 11.0. The third kappa shape index (κ3) is 4.49. The number of benzene rings is 1. The molecular formula is C15H24N4O2. The maximum absolute atomic E-state index is 11.0. The molecule has 1 unspecified atom stereocenters. The molecule has 0 aromatic heterocycles. The van der Waals surface area contributed by atoms with Crippen molar-refractivity contribution in [2.24, 2.45) is 0 Å². The summed E-state index contributed by atoms with van der Waals surface area (Å²) >= 11 is 0. The molecule has 0 saturated carbocycles. The van der Waals surface area contributed by atoms with E-state index in [0.717, 1.165) is 44.8 Å². The number of likely N-dealkylation sites (N-methyl/N-ethyl adjacent to an activating group) is 1. The number of nitro benzene ring substituents is 1. The van der Waals surface area contributed by atoms with E-state index in [9.17, 15) is 10.1 Å². The summed E-state index contributed by atoms with van der Waals surface area (Å²) in [7, 11) is 2.15. The van der Waals surface area contributed by atoms with Gasteiger partial charge in [0.25, 0.3) is 5.69 Å². The molecule has 1 aliphatic rings. The Morgan fingerprint density at radius 2 is 1.95 bits per heavy atom. The molecule has 21 heavy (non-hydrogen) atoms. The van der Waals surface area contributed by atoms with E-state index in [4.69, 9.17) is 0 Å². The molecule has 0 amide bonds. The van der Waals surface area contributed by atoms with E-state index < -0.39 is 0 Å². The minimum absolute atomic E-state index is 0.0148. The fraction of sp³-hybridized carbons (Fsp3) is 0.600. The van der Waals surface area contributed by atoms with Crippen LogP contribution >= 0.6 is 0 Å². The first kappa shape index (κ1) is 15.9. The fourth-order valence-electron chi connectivity index (χ4n) is 2.64. The summed E-state index contributed by atoms with van der Waals surface area (Å²) in [5.74, 6) is 0. The van der Waals surface area contributed by atoms with Crippen LogP contribution in [0.2, 0.25) is 0 Å². The molecule has 1 fully saturated rings. The second kappa shape index (κ2) is 7.49. The van der Waals surface area contributed by atoms with Crippen LogP contribution < -0.4 is 5.32 Å². The van der Waals surface area contributed by atoms with Gasteiger partial charge in [0.2, 0.25) is 0 Å². The van der Waals surface area contributed by atoms with Gasteiger partial charge in [0.1, 0.15) is 0 Å². The van der Waals surface area contributed by atoms with E-state index in [1.807, 2.05) is 19.1 Å². The second-order valence-corrected chi connectivity index (χ2v) is 5.64. The fourth-order valence-corrected chi connectivity index (χ4v) is 2.64. The van der Waals surface area contributed by atoms with E-state index in [-0.39, 0.29) is 16.7 Å². The summed E-state index contributed by atoms with van der Waals surface area (Å²) in [4.78, 5) is 15.5. The van der Waals surface area contributed by atoms with Gasteiger partial charge in [-0.05, 0) is 14.0 Å². The first-order chi connectivity index (χ1) is 10.1. The number of nitrogens with one attached hydrogen (secondary N) is 1. The molecule has 6 nitrogen and oxygen atoms in total. The molecule has 0 aliphatic carbocycles. The predicted octanol–water partition coefficient (Wildman–Crippen LogP) is 1.49. The highest BCUT2D eigenvalue weighted by Crippen LogP contribution is 2.24. The van der Waals surface area contributed by atoms with Crippen molar-refractivity contribution in [2.75, 3.05) is 46.3 Å². The van der Waals surface area contributed by atoms with Crippen LogP contribution in [-0.2, 0) is 0 Å². The third-order valence-electron chi connectivity index (χ3n) is 4.07. The van der Waals surface area contributed by atoms with Crippen LogP contribution in [0.25, 0.3) is 0 Å². The van der Waals surface area contributed by atoms with Gasteiger partial charge < -0.3 is 10.2 Å². The molecule has 0 spiro atoms. The number of para-hydroxylation sites is 1. The molecule has 1 aromatic rings. The van der Waals surface area contributed by atoms with E-state index in [1.54, 1.807) is 12.1 Å². The summed E-state index contributed by atoms with van der Waals surface area (Å²) in [5.41, 5.74) is 0.943. The minimum Gasteiger partial charge on any atom is -0.309 e. The van der Waals surface area contributed by atoms with Crippen molar-refractivity contribution < 1.29 is 4.92 Å². The van der Waals surface area contributed by atoms with Gasteiger partial charge in [-0.15, -0.1) is 0 Å². The summed E-state index contributed by atoms with van der Waals surface area (Å²) < 4.78 is 0. The van der Waals surface area contributed by atoms with Crippen LogP contribution in [0.4, 0.5) is 5.69 Å². The Morgan fingerprint density at radius 3 is 2.62 bits per heavy atom. The number of hydrogen-bond acceptors (Lipinski definition) is 5. The van der Waals surface area contributed by atoms with Crippen LogP contribution in [0.15, 0.2) is 24.3 Å². The lowest BCUT2D eigenvalue weighted by Gasteiger charge is -2.32. The van der Waals surface area contributed by atoms with Crippen molar-refractivity contribution in [3.8, 4) is 0 Å². The number of rotatable bonds is 6. The molecule has 1 N–H and O–H groups in total. The summed E-state index contributed by atoms with van der Waals surface area (Å²) in [6.45, 7) is 8.22. The SMILES string of the molecule is CC(NCCN1CCN(C)CC1)c1ccccc1[N+](=O)[O-]. The molecule has 1 aliphatic heterocycles. The zero-order chi connectivity index (χ0) is 15.2. The van der Waals surface area contributed by atoms with Gasteiger partial charge in [-0.2, -0.15) is 0 Å². The summed E-state index contributed by atoms with van der Waals surface area (Å²) in [6, 6.07) is 6.93. The minimum atomic E-state index is -0.312. The van der Waals surface area contributed by atoms with Gasteiger partial charge >= 0.3 is 0 Å². The van der Waals surface area contributed by atoms with E-state index in [1.165, 1.54) is 0 Å². The van der Waals surface area contributed by atoms with E-state index in [0.29, 0.717) is 0 Å². The molecule has 6 heteroatoms. The Bertz CT molecular complexity index is 472. The quantitative estimate of drug-likeness (QED) is 0.636. The Morgan fingerprint density at radius 1 is 1.29 bits per heavy atom. The largest absolute Gasteiger partial charge is 0.309 e. The lowest BCUT2D eigenvalue weighted by Crippen LogP contribution is -2.46. The highest BCUT2D eigenvalue weighted by atomic mass is 16.6. The van der Waals surface area contributed by atoms with Crippen LogP contribution in [0.1, 0.15) is 18.5 Å². The average Bonchev–Trinajstić information content (AvgIpc) is 2.49. The molecule has 1 saturated heterocycles. The van der Waals surface area contributed by atoms with Crippen molar-refractivity contribution in [1.82, 2.24) is 15.1 Å². The van der Waals surface area contributed by atoms with Crippen LogP contribution in [0.3, 0.4) is 0 Å². The van der Waals surface area contributed by atoms with Crippen LogP contribution in [0, 0.1) is 10.1 Å². The number of piperazine rings is 1. The Kier molecular flexibility index (Phi) is 5.67.